The van der Waals surface area contributed by atoms with Gasteiger partial charge in [0.15, 0.2) is 5.82 Å². The first-order valence-electron chi connectivity index (χ1n) is 9.51. The van der Waals surface area contributed by atoms with Crippen LogP contribution in [-0.4, -0.2) is 25.9 Å². The van der Waals surface area contributed by atoms with Gasteiger partial charge in [0.05, 0.1) is 11.7 Å². The van der Waals surface area contributed by atoms with Gasteiger partial charge in [0.1, 0.15) is 6.54 Å². The Hall–Kier alpha value is -2.96. The Morgan fingerprint density at radius 1 is 1.19 bits per heavy atom. The second-order valence-electron chi connectivity index (χ2n) is 7.13. The van der Waals surface area contributed by atoms with Gasteiger partial charge in [-0.2, -0.15) is 10.2 Å². The van der Waals surface area contributed by atoms with Gasteiger partial charge in [0, 0.05) is 23.1 Å². The molecule has 3 aromatic rings. The van der Waals surface area contributed by atoms with Gasteiger partial charge in [-0.15, -0.1) is 0 Å². The summed E-state index contributed by atoms with van der Waals surface area (Å²) in [4.78, 5) is 24.3. The van der Waals surface area contributed by atoms with E-state index in [9.17, 15) is 9.59 Å². The summed E-state index contributed by atoms with van der Waals surface area (Å²) in [6.07, 6.45) is 8.68. The lowest BCUT2D eigenvalue weighted by Gasteiger charge is -2.10. The number of nitrogens with one attached hydrogen (secondary N) is 2. The summed E-state index contributed by atoms with van der Waals surface area (Å²) in [5.74, 6) is 0.801. The van der Waals surface area contributed by atoms with Gasteiger partial charge in [-0.3, -0.25) is 19.4 Å². The Morgan fingerprint density at radius 2 is 1.96 bits per heavy atom. The zero-order chi connectivity index (χ0) is 18.6. The molecule has 2 aromatic heterocycles. The lowest BCUT2D eigenvalue weighted by atomic mass is 9.97. The molecular weight excluding hydrogens is 342 g/mol. The maximum Gasteiger partial charge on any atom is 0.247 e. The molecule has 1 fully saturated rings. The number of nitrogens with zero attached hydrogens (tertiary/aromatic N) is 3. The summed E-state index contributed by atoms with van der Waals surface area (Å²) in [5, 5.41) is 14.8. The van der Waals surface area contributed by atoms with E-state index in [1.165, 1.54) is 49.4 Å². The summed E-state index contributed by atoms with van der Waals surface area (Å²) in [5.41, 5.74) is 1.59. The number of carbonyl (C=O) groups excluding carboxylic acids is 1. The zero-order valence-electron chi connectivity index (χ0n) is 15.1. The molecule has 1 saturated carbocycles. The summed E-state index contributed by atoms with van der Waals surface area (Å²) >= 11 is 0. The lowest BCUT2D eigenvalue weighted by Crippen LogP contribution is -2.22. The standard InChI is InChI=1S/C20H23N5O2/c26-18-12-21-25(17-10-6-5-9-15(17)18)13-20(27)22-19-11-16(23-24-19)14-7-3-1-2-4-8-14/h5-6,9-12,14H,1-4,7-8,13H2,(H2,22,23,24,27). The number of benzene rings is 1. The predicted octanol–water partition coefficient (Wildman–Crippen LogP) is 3.20. The Kier molecular flexibility index (Phi) is 5.00. The molecule has 0 atom stereocenters. The van der Waals surface area contributed by atoms with Crippen molar-refractivity contribution in [1.82, 2.24) is 20.0 Å². The third kappa shape index (κ3) is 3.92. The first-order valence-corrected chi connectivity index (χ1v) is 9.51. The number of rotatable bonds is 4. The van der Waals surface area contributed by atoms with Crippen molar-refractivity contribution in [1.29, 1.82) is 0 Å². The van der Waals surface area contributed by atoms with E-state index in [0.29, 0.717) is 22.6 Å². The molecule has 0 radical (unpaired) electrons. The molecule has 4 rings (SSSR count). The highest BCUT2D eigenvalue weighted by molar-refractivity contribution is 5.90. The third-order valence-corrected chi connectivity index (χ3v) is 5.22. The van der Waals surface area contributed by atoms with Crippen molar-refractivity contribution < 1.29 is 4.79 Å². The molecule has 1 aliphatic rings. The number of aromatic amines is 1. The Balaban J connectivity index is 1.46. The molecule has 1 amide bonds. The molecule has 27 heavy (non-hydrogen) atoms. The average Bonchev–Trinajstić information content (AvgIpc) is 2.96. The highest BCUT2D eigenvalue weighted by Crippen LogP contribution is 2.31. The molecule has 0 unspecified atom stereocenters. The Bertz CT molecular complexity index is 999. The summed E-state index contributed by atoms with van der Waals surface area (Å²) < 4.78 is 1.53. The van der Waals surface area contributed by atoms with Crippen molar-refractivity contribution in [3.63, 3.8) is 0 Å². The lowest BCUT2D eigenvalue weighted by molar-refractivity contribution is -0.116. The highest BCUT2D eigenvalue weighted by Gasteiger charge is 2.17. The molecule has 0 aliphatic heterocycles. The van der Waals surface area contributed by atoms with Crippen LogP contribution in [0.25, 0.3) is 10.9 Å². The fourth-order valence-corrected chi connectivity index (χ4v) is 3.81. The van der Waals surface area contributed by atoms with Crippen molar-refractivity contribution >= 4 is 22.6 Å². The summed E-state index contributed by atoms with van der Waals surface area (Å²) in [7, 11) is 0. The van der Waals surface area contributed by atoms with E-state index >= 15 is 0 Å². The molecule has 7 heteroatoms. The number of H-pyrrole nitrogens is 1. The van der Waals surface area contributed by atoms with Crippen LogP contribution in [0.15, 0.2) is 41.3 Å². The van der Waals surface area contributed by atoms with Crippen LogP contribution in [0.3, 0.4) is 0 Å². The Morgan fingerprint density at radius 3 is 2.78 bits per heavy atom. The van der Waals surface area contributed by atoms with Gasteiger partial charge in [-0.05, 0) is 25.0 Å². The number of aromatic nitrogens is 4. The van der Waals surface area contributed by atoms with E-state index in [2.05, 4.69) is 20.6 Å². The number of fused-ring (bicyclic) bond motifs is 1. The monoisotopic (exact) mass is 365 g/mol. The van der Waals surface area contributed by atoms with Gasteiger partial charge in [-0.1, -0.05) is 37.8 Å². The normalized spacial score (nSPS) is 15.6. The number of anilines is 1. The average molecular weight is 365 g/mol. The predicted molar refractivity (Wildman–Crippen MR) is 104 cm³/mol. The highest BCUT2D eigenvalue weighted by atomic mass is 16.2. The van der Waals surface area contributed by atoms with Crippen molar-refractivity contribution in [2.24, 2.45) is 0 Å². The van der Waals surface area contributed by atoms with E-state index in [1.54, 1.807) is 18.2 Å². The van der Waals surface area contributed by atoms with Crippen molar-refractivity contribution in [3.8, 4) is 0 Å². The van der Waals surface area contributed by atoms with Crippen LogP contribution < -0.4 is 10.7 Å². The van der Waals surface area contributed by atoms with Crippen molar-refractivity contribution in [2.45, 2.75) is 51.0 Å². The number of hydrogen-bond donors (Lipinski definition) is 2. The molecule has 140 valence electrons. The zero-order valence-corrected chi connectivity index (χ0v) is 15.1. The molecule has 0 saturated heterocycles. The number of para-hydroxylation sites is 1. The first-order chi connectivity index (χ1) is 13.2. The number of hydrogen-bond acceptors (Lipinski definition) is 4. The van der Waals surface area contributed by atoms with Gasteiger partial charge in [0.2, 0.25) is 11.3 Å². The van der Waals surface area contributed by atoms with Crippen LogP contribution in [0.4, 0.5) is 5.82 Å². The van der Waals surface area contributed by atoms with E-state index < -0.39 is 0 Å². The minimum absolute atomic E-state index is 0.0203. The molecule has 2 heterocycles. The fraction of sp³-hybridized carbons (Fsp3) is 0.400. The van der Waals surface area contributed by atoms with Crippen LogP contribution in [-0.2, 0) is 11.3 Å². The van der Waals surface area contributed by atoms with Gasteiger partial charge in [-0.25, -0.2) is 0 Å². The van der Waals surface area contributed by atoms with E-state index in [1.807, 2.05) is 12.1 Å². The summed E-state index contributed by atoms with van der Waals surface area (Å²) in [6, 6.07) is 9.08. The van der Waals surface area contributed by atoms with E-state index in [-0.39, 0.29) is 17.9 Å². The van der Waals surface area contributed by atoms with Crippen molar-refractivity contribution in [2.75, 3.05) is 5.32 Å². The number of amides is 1. The molecule has 1 aromatic carbocycles. The SMILES string of the molecule is O=C(Cn1ncc(=O)c2ccccc21)Nc1cc(C2CCCCCC2)[nH]n1. The largest absolute Gasteiger partial charge is 0.308 e. The van der Waals surface area contributed by atoms with E-state index in [4.69, 9.17) is 0 Å². The van der Waals surface area contributed by atoms with Crippen LogP contribution in [0, 0.1) is 0 Å². The maximum absolute atomic E-state index is 12.4. The molecular formula is C20H23N5O2. The van der Waals surface area contributed by atoms with Crippen LogP contribution in [0.1, 0.15) is 50.1 Å². The molecule has 7 nitrogen and oxygen atoms in total. The van der Waals surface area contributed by atoms with Gasteiger partial charge in [0.25, 0.3) is 0 Å². The minimum atomic E-state index is -0.227. The first kappa shape index (κ1) is 17.5. The maximum atomic E-state index is 12.4. The summed E-state index contributed by atoms with van der Waals surface area (Å²) in [6.45, 7) is 0.0203. The van der Waals surface area contributed by atoms with Crippen LogP contribution >= 0.6 is 0 Å². The van der Waals surface area contributed by atoms with Crippen LogP contribution in [0.2, 0.25) is 0 Å². The van der Waals surface area contributed by atoms with Crippen molar-refractivity contribution in [3.05, 3.63) is 52.4 Å². The minimum Gasteiger partial charge on any atom is -0.308 e. The number of carbonyl (C=O) groups is 1. The Labute approximate surface area is 156 Å². The smallest absolute Gasteiger partial charge is 0.247 e. The molecule has 2 N–H and O–H groups in total. The second kappa shape index (κ2) is 7.73. The van der Waals surface area contributed by atoms with E-state index in [0.717, 1.165) is 5.69 Å². The quantitative estimate of drug-likeness (QED) is 0.695. The van der Waals surface area contributed by atoms with Crippen LogP contribution in [0.5, 0.6) is 0 Å². The molecule has 0 bridgehead atoms. The van der Waals surface area contributed by atoms with Gasteiger partial charge >= 0.3 is 0 Å². The third-order valence-electron chi connectivity index (χ3n) is 5.22. The fourth-order valence-electron chi connectivity index (χ4n) is 3.81. The van der Waals surface area contributed by atoms with Gasteiger partial charge < -0.3 is 5.32 Å². The molecule has 0 spiro atoms. The second-order valence-corrected chi connectivity index (χ2v) is 7.13. The molecule has 1 aliphatic carbocycles. The topological polar surface area (TPSA) is 92.7 Å².